The number of nitro benzene ring substituents is 1. The summed E-state index contributed by atoms with van der Waals surface area (Å²) in [6, 6.07) is 5.82. The smallest absolute Gasteiger partial charge is 0.278 e. The van der Waals surface area contributed by atoms with Crippen LogP contribution in [0.15, 0.2) is 29.1 Å². The number of nitrogens with zero attached hydrogens (tertiary/aromatic N) is 1. The maximum absolute atomic E-state index is 11.1. The van der Waals surface area contributed by atoms with Gasteiger partial charge in [0.2, 0.25) is 5.56 Å². The Labute approximate surface area is 84.5 Å². The van der Waals surface area contributed by atoms with Gasteiger partial charge < -0.3 is 4.98 Å². The SMILES string of the molecule is Cc1ccc([N+](=O)[O-])c2ccc(=O)[nH]c12. The zero-order valence-electron chi connectivity index (χ0n) is 7.98. The molecule has 0 aliphatic rings. The zero-order chi connectivity index (χ0) is 11.0. The van der Waals surface area contributed by atoms with E-state index in [2.05, 4.69) is 4.98 Å². The number of fused-ring (bicyclic) bond motifs is 1. The first-order valence-corrected chi connectivity index (χ1v) is 4.36. The van der Waals surface area contributed by atoms with Gasteiger partial charge in [0.15, 0.2) is 0 Å². The van der Waals surface area contributed by atoms with E-state index in [1.165, 1.54) is 18.2 Å². The molecule has 5 nitrogen and oxygen atoms in total. The lowest BCUT2D eigenvalue weighted by Crippen LogP contribution is -2.04. The summed E-state index contributed by atoms with van der Waals surface area (Å²) in [6.07, 6.45) is 0. The minimum absolute atomic E-state index is 0.00634. The Balaban J connectivity index is 2.94. The Kier molecular flexibility index (Phi) is 2.00. The van der Waals surface area contributed by atoms with Gasteiger partial charge in [-0.15, -0.1) is 0 Å². The number of H-pyrrole nitrogens is 1. The maximum atomic E-state index is 11.1. The lowest BCUT2D eigenvalue weighted by atomic mass is 10.1. The van der Waals surface area contributed by atoms with Gasteiger partial charge in [-0.25, -0.2) is 0 Å². The summed E-state index contributed by atoms with van der Waals surface area (Å²) in [6.45, 7) is 1.79. The van der Waals surface area contributed by atoms with Gasteiger partial charge in [-0.3, -0.25) is 14.9 Å². The molecule has 0 saturated carbocycles. The van der Waals surface area contributed by atoms with Crippen LogP contribution in [0.4, 0.5) is 5.69 Å². The lowest BCUT2D eigenvalue weighted by Gasteiger charge is -2.01. The standard InChI is InChI=1S/C10H8N2O3/c1-6-2-4-8(12(14)15)7-3-5-9(13)11-10(6)7/h2-5H,1H3,(H,11,13). The van der Waals surface area contributed by atoms with Gasteiger partial charge in [0.1, 0.15) is 0 Å². The summed E-state index contributed by atoms with van der Waals surface area (Å²) in [7, 11) is 0. The number of nitrogens with one attached hydrogen (secondary N) is 1. The molecule has 0 fully saturated rings. The van der Waals surface area contributed by atoms with E-state index < -0.39 is 4.92 Å². The number of hydrogen-bond donors (Lipinski definition) is 1. The van der Waals surface area contributed by atoms with Crippen LogP contribution < -0.4 is 5.56 Å². The van der Waals surface area contributed by atoms with Gasteiger partial charge in [-0.2, -0.15) is 0 Å². The van der Waals surface area contributed by atoms with Crippen LogP contribution in [-0.2, 0) is 0 Å². The molecular weight excluding hydrogens is 196 g/mol. The largest absolute Gasteiger partial charge is 0.321 e. The Morgan fingerprint density at radius 2 is 2.00 bits per heavy atom. The second-order valence-electron chi connectivity index (χ2n) is 3.27. The fourth-order valence-corrected chi connectivity index (χ4v) is 1.54. The predicted octanol–water partition coefficient (Wildman–Crippen LogP) is 1.74. The molecule has 1 aromatic carbocycles. The van der Waals surface area contributed by atoms with Crippen molar-refractivity contribution in [1.29, 1.82) is 0 Å². The van der Waals surface area contributed by atoms with Gasteiger partial charge in [-0.05, 0) is 18.6 Å². The fourth-order valence-electron chi connectivity index (χ4n) is 1.54. The summed E-state index contributed by atoms with van der Waals surface area (Å²) in [4.78, 5) is 24.0. The minimum atomic E-state index is -0.458. The van der Waals surface area contributed by atoms with E-state index in [4.69, 9.17) is 0 Å². The van der Waals surface area contributed by atoms with Gasteiger partial charge in [0.05, 0.1) is 15.8 Å². The van der Waals surface area contributed by atoms with Crippen LogP contribution in [0.5, 0.6) is 0 Å². The van der Waals surface area contributed by atoms with Crippen LogP contribution in [0.2, 0.25) is 0 Å². The Morgan fingerprint density at radius 3 is 2.67 bits per heavy atom. The highest BCUT2D eigenvalue weighted by molar-refractivity contribution is 5.89. The lowest BCUT2D eigenvalue weighted by molar-refractivity contribution is -0.383. The van der Waals surface area contributed by atoms with E-state index in [0.29, 0.717) is 10.9 Å². The van der Waals surface area contributed by atoms with Crippen molar-refractivity contribution >= 4 is 16.6 Å². The highest BCUT2D eigenvalue weighted by atomic mass is 16.6. The number of rotatable bonds is 1. The third-order valence-corrected chi connectivity index (χ3v) is 2.28. The molecule has 0 saturated heterocycles. The normalized spacial score (nSPS) is 10.5. The molecule has 76 valence electrons. The molecule has 0 bridgehead atoms. The Morgan fingerprint density at radius 1 is 1.27 bits per heavy atom. The van der Waals surface area contributed by atoms with Crippen molar-refractivity contribution < 1.29 is 4.92 Å². The van der Waals surface area contributed by atoms with Crippen molar-refractivity contribution in [2.45, 2.75) is 6.92 Å². The number of hydrogen-bond acceptors (Lipinski definition) is 3. The molecule has 2 rings (SSSR count). The van der Waals surface area contributed by atoms with Crippen molar-refractivity contribution in [1.82, 2.24) is 4.98 Å². The van der Waals surface area contributed by atoms with Crippen LogP contribution in [0.3, 0.4) is 0 Å². The molecule has 1 aromatic heterocycles. The minimum Gasteiger partial charge on any atom is -0.321 e. The quantitative estimate of drug-likeness (QED) is 0.567. The summed E-state index contributed by atoms with van der Waals surface area (Å²) in [5.41, 5.74) is 1.09. The first kappa shape index (κ1) is 9.39. The van der Waals surface area contributed by atoms with Crippen molar-refractivity contribution in [3.8, 4) is 0 Å². The first-order valence-electron chi connectivity index (χ1n) is 4.36. The molecule has 2 aromatic rings. The van der Waals surface area contributed by atoms with Gasteiger partial charge >= 0.3 is 0 Å². The molecule has 0 amide bonds. The Hall–Kier alpha value is -2.17. The molecule has 0 aliphatic heterocycles. The third kappa shape index (κ3) is 1.48. The number of benzene rings is 1. The van der Waals surface area contributed by atoms with Crippen molar-refractivity contribution in [3.05, 3.63) is 50.3 Å². The molecule has 15 heavy (non-hydrogen) atoms. The monoisotopic (exact) mass is 204 g/mol. The van der Waals surface area contributed by atoms with Crippen LogP contribution in [0, 0.1) is 17.0 Å². The van der Waals surface area contributed by atoms with Gasteiger partial charge in [-0.1, -0.05) is 6.07 Å². The molecular formula is C10H8N2O3. The fraction of sp³-hybridized carbons (Fsp3) is 0.100. The van der Waals surface area contributed by atoms with E-state index in [1.807, 2.05) is 0 Å². The van der Waals surface area contributed by atoms with Crippen LogP contribution in [0.25, 0.3) is 10.9 Å². The van der Waals surface area contributed by atoms with E-state index in [0.717, 1.165) is 5.56 Å². The summed E-state index contributed by atoms with van der Waals surface area (Å²) in [5, 5.41) is 11.2. The van der Waals surface area contributed by atoms with E-state index >= 15 is 0 Å². The molecule has 0 atom stereocenters. The molecule has 0 unspecified atom stereocenters. The Bertz CT molecular complexity index is 601. The van der Waals surface area contributed by atoms with Gasteiger partial charge in [0, 0.05) is 12.1 Å². The summed E-state index contributed by atoms with van der Waals surface area (Å²) >= 11 is 0. The molecule has 0 radical (unpaired) electrons. The number of aromatic nitrogens is 1. The number of aryl methyl sites for hydroxylation is 1. The molecule has 5 heteroatoms. The number of non-ortho nitro benzene ring substituents is 1. The topological polar surface area (TPSA) is 76.0 Å². The molecule has 1 N–H and O–H groups in total. The van der Waals surface area contributed by atoms with E-state index in [-0.39, 0.29) is 11.2 Å². The van der Waals surface area contributed by atoms with Crippen molar-refractivity contribution in [2.24, 2.45) is 0 Å². The number of aromatic amines is 1. The second-order valence-corrected chi connectivity index (χ2v) is 3.27. The van der Waals surface area contributed by atoms with E-state index in [1.54, 1.807) is 13.0 Å². The van der Waals surface area contributed by atoms with Crippen LogP contribution >= 0.6 is 0 Å². The van der Waals surface area contributed by atoms with Crippen molar-refractivity contribution in [3.63, 3.8) is 0 Å². The van der Waals surface area contributed by atoms with Crippen LogP contribution in [0.1, 0.15) is 5.56 Å². The first-order chi connectivity index (χ1) is 7.09. The highest BCUT2D eigenvalue weighted by Crippen LogP contribution is 2.25. The predicted molar refractivity (Wildman–Crippen MR) is 56.0 cm³/mol. The molecule has 0 aliphatic carbocycles. The maximum Gasteiger partial charge on any atom is 0.278 e. The molecule has 1 heterocycles. The summed E-state index contributed by atoms with van der Waals surface area (Å²) < 4.78 is 0. The van der Waals surface area contributed by atoms with Crippen LogP contribution in [-0.4, -0.2) is 9.91 Å². The average Bonchev–Trinajstić information content (AvgIpc) is 2.19. The van der Waals surface area contributed by atoms with Gasteiger partial charge in [0.25, 0.3) is 5.69 Å². The van der Waals surface area contributed by atoms with E-state index in [9.17, 15) is 14.9 Å². The molecule has 0 spiro atoms. The third-order valence-electron chi connectivity index (χ3n) is 2.28. The number of pyridine rings is 1. The summed E-state index contributed by atoms with van der Waals surface area (Å²) in [5.74, 6) is 0. The zero-order valence-corrected chi connectivity index (χ0v) is 7.98. The second kappa shape index (κ2) is 3.20. The van der Waals surface area contributed by atoms with Crippen molar-refractivity contribution in [2.75, 3.05) is 0 Å². The average molecular weight is 204 g/mol. The number of nitro groups is 1. The highest BCUT2D eigenvalue weighted by Gasteiger charge is 2.12.